The summed E-state index contributed by atoms with van der Waals surface area (Å²) < 4.78 is 0. The highest BCUT2D eigenvalue weighted by Crippen LogP contribution is 2.02. The number of hydrogen-bond donors (Lipinski definition) is 2. The molecule has 0 heterocycles. The highest BCUT2D eigenvalue weighted by molar-refractivity contribution is 5.14. The van der Waals surface area contributed by atoms with Crippen LogP contribution in [0.4, 0.5) is 0 Å². The summed E-state index contributed by atoms with van der Waals surface area (Å²) in [5.41, 5.74) is 1.38. The fourth-order valence-electron chi connectivity index (χ4n) is 2.19. The zero-order valence-electron chi connectivity index (χ0n) is 12.3. The van der Waals surface area contributed by atoms with E-state index in [0.29, 0.717) is 6.04 Å². The summed E-state index contributed by atoms with van der Waals surface area (Å²) in [6.07, 6.45) is 3.04. The second-order valence-electron chi connectivity index (χ2n) is 5.16. The van der Waals surface area contributed by atoms with Crippen LogP contribution in [0, 0.1) is 0 Å². The monoisotopic (exact) mass is 264 g/mol. The third kappa shape index (κ3) is 7.31. The molecule has 1 atom stereocenters. The van der Waals surface area contributed by atoms with Crippen molar-refractivity contribution in [3.63, 3.8) is 0 Å². The molecule has 0 saturated heterocycles. The van der Waals surface area contributed by atoms with Crippen molar-refractivity contribution in [2.75, 3.05) is 33.3 Å². The molecular formula is C16H28N2O. The van der Waals surface area contributed by atoms with Crippen LogP contribution in [-0.4, -0.2) is 49.3 Å². The van der Waals surface area contributed by atoms with E-state index in [1.807, 2.05) is 0 Å². The number of aliphatic hydroxyl groups is 1. The predicted octanol–water partition coefficient (Wildman–Crippen LogP) is 1.91. The van der Waals surface area contributed by atoms with Gasteiger partial charge in [0.1, 0.15) is 0 Å². The van der Waals surface area contributed by atoms with Crippen LogP contribution in [0.15, 0.2) is 30.3 Å². The summed E-state index contributed by atoms with van der Waals surface area (Å²) in [5, 5.41) is 12.6. The SMILES string of the molecule is CCCNC(CCO)CN(C)CCc1ccccc1. The molecule has 1 rings (SSSR count). The lowest BCUT2D eigenvalue weighted by molar-refractivity contribution is 0.230. The van der Waals surface area contributed by atoms with E-state index in [9.17, 15) is 0 Å². The average molecular weight is 264 g/mol. The van der Waals surface area contributed by atoms with Crippen LogP contribution in [0.25, 0.3) is 0 Å². The van der Waals surface area contributed by atoms with Gasteiger partial charge >= 0.3 is 0 Å². The lowest BCUT2D eigenvalue weighted by atomic mass is 10.1. The molecule has 0 radical (unpaired) electrons. The Labute approximate surface area is 117 Å². The molecule has 0 aliphatic carbocycles. The van der Waals surface area contributed by atoms with Crippen molar-refractivity contribution in [2.45, 2.75) is 32.2 Å². The molecule has 19 heavy (non-hydrogen) atoms. The molecule has 0 amide bonds. The molecule has 0 saturated carbocycles. The Hall–Kier alpha value is -0.900. The molecule has 1 aromatic rings. The van der Waals surface area contributed by atoms with Crippen LogP contribution >= 0.6 is 0 Å². The molecule has 1 aromatic carbocycles. The number of nitrogens with one attached hydrogen (secondary N) is 1. The molecule has 108 valence electrons. The van der Waals surface area contributed by atoms with Crippen LogP contribution in [0.2, 0.25) is 0 Å². The van der Waals surface area contributed by atoms with Crippen molar-refractivity contribution >= 4 is 0 Å². The largest absolute Gasteiger partial charge is 0.396 e. The lowest BCUT2D eigenvalue weighted by Crippen LogP contribution is -2.41. The summed E-state index contributed by atoms with van der Waals surface area (Å²) in [7, 11) is 2.15. The molecule has 0 spiro atoms. The summed E-state index contributed by atoms with van der Waals surface area (Å²) in [5.74, 6) is 0. The average Bonchev–Trinajstić information content (AvgIpc) is 2.44. The molecular weight excluding hydrogens is 236 g/mol. The van der Waals surface area contributed by atoms with Crippen LogP contribution in [0.5, 0.6) is 0 Å². The molecule has 0 aliphatic rings. The fourth-order valence-corrected chi connectivity index (χ4v) is 2.19. The number of hydrogen-bond acceptors (Lipinski definition) is 3. The first-order chi connectivity index (χ1) is 9.26. The number of nitrogens with zero attached hydrogens (tertiary/aromatic N) is 1. The minimum absolute atomic E-state index is 0.258. The second kappa shape index (κ2) is 9.96. The minimum Gasteiger partial charge on any atom is -0.396 e. The predicted molar refractivity (Wildman–Crippen MR) is 81.4 cm³/mol. The van der Waals surface area contributed by atoms with Gasteiger partial charge in [-0.05, 0) is 38.4 Å². The maximum absolute atomic E-state index is 9.10. The lowest BCUT2D eigenvalue weighted by Gasteiger charge is -2.24. The number of aliphatic hydroxyl groups excluding tert-OH is 1. The fraction of sp³-hybridized carbons (Fsp3) is 0.625. The Balaban J connectivity index is 2.29. The van der Waals surface area contributed by atoms with Gasteiger partial charge in [-0.25, -0.2) is 0 Å². The van der Waals surface area contributed by atoms with Crippen LogP contribution < -0.4 is 5.32 Å². The van der Waals surface area contributed by atoms with Crippen molar-refractivity contribution in [3.8, 4) is 0 Å². The van der Waals surface area contributed by atoms with E-state index in [4.69, 9.17) is 5.11 Å². The van der Waals surface area contributed by atoms with E-state index in [1.54, 1.807) is 0 Å². The zero-order valence-corrected chi connectivity index (χ0v) is 12.3. The van der Waals surface area contributed by atoms with E-state index >= 15 is 0 Å². The van der Waals surface area contributed by atoms with Crippen molar-refractivity contribution < 1.29 is 5.11 Å². The first-order valence-electron chi connectivity index (χ1n) is 7.33. The molecule has 0 aliphatic heterocycles. The van der Waals surface area contributed by atoms with Gasteiger partial charge in [0.2, 0.25) is 0 Å². The van der Waals surface area contributed by atoms with E-state index in [1.165, 1.54) is 5.56 Å². The van der Waals surface area contributed by atoms with Crippen LogP contribution in [0.3, 0.4) is 0 Å². The minimum atomic E-state index is 0.258. The summed E-state index contributed by atoms with van der Waals surface area (Å²) in [4.78, 5) is 2.34. The van der Waals surface area contributed by atoms with Gasteiger partial charge in [-0.3, -0.25) is 0 Å². The highest BCUT2D eigenvalue weighted by atomic mass is 16.3. The Morgan fingerprint density at radius 1 is 1.26 bits per heavy atom. The highest BCUT2D eigenvalue weighted by Gasteiger charge is 2.10. The van der Waals surface area contributed by atoms with Gasteiger partial charge in [-0.15, -0.1) is 0 Å². The zero-order chi connectivity index (χ0) is 13.9. The van der Waals surface area contributed by atoms with Gasteiger partial charge in [0.05, 0.1) is 0 Å². The maximum Gasteiger partial charge on any atom is 0.0446 e. The molecule has 1 unspecified atom stereocenters. The van der Waals surface area contributed by atoms with Crippen molar-refractivity contribution in [2.24, 2.45) is 0 Å². The Morgan fingerprint density at radius 2 is 2.00 bits per heavy atom. The number of benzene rings is 1. The normalized spacial score (nSPS) is 12.8. The molecule has 0 bridgehead atoms. The first-order valence-corrected chi connectivity index (χ1v) is 7.33. The van der Waals surface area contributed by atoms with Gasteiger partial charge in [0, 0.05) is 25.7 Å². The van der Waals surface area contributed by atoms with Crippen LogP contribution in [0.1, 0.15) is 25.3 Å². The Kier molecular flexibility index (Phi) is 8.47. The van der Waals surface area contributed by atoms with Crippen molar-refractivity contribution in [1.29, 1.82) is 0 Å². The molecule has 0 aromatic heterocycles. The van der Waals surface area contributed by atoms with Crippen molar-refractivity contribution in [3.05, 3.63) is 35.9 Å². The van der Waals surface area contributed by atoms with E-state index in [2.05, 4.69) is 54.5 Å². The third-order valence-electron chi connectivity index (χ3n) is 3.32. The maximum atomic E-state index is 9.10. The van der Waals surface area contributed by atoms with E-state index < -0.39 is 0 Å². The summed E-state index contributed by atoms with van der Waals surface area (Å²) >= 11 is 0. The Morgan fingerprint density at radius 3 is 2.63 bits per heavy atom. The summed E-state index contributed by atoms with van der Waals surface area (Å²) in [6.45, 7) is 5.50. The van der Waals surface area contributed by atoms with Gasteiger partial charge in [0.25, 0.3) is 0 Å². The summed E-state index contributed by atoms with van der Waals surface area (Å²) in [6, 6.07) is 11.0. The molecule has 3 heteroatoms. The smallest absolute Gasteiger partial charge is 0.0446 e. The third-order valence-corrected chi connectivity index (χ3v) is 3.32. The van der Waals surface area contributed by atoms with Gasteiger partial charge in [-0.1, -0.05) is 37.3 Å². The Bertz CT molecular complexity index is 316. The molecule has 2 N–H and O–H groups in total. The van der Waals surface area contributed by atoms with Gasteiger partial charge in [0.15, 0.2) is 0 Å². The topological polar surface area (TPSA) is 35.5 Å². The van der Waals surface area contributed by atoms with Gasteiger partial charge in [-0.2, -0.15) is 0 Å². The van der Waals surface area contributed by atoms with Crippen LogP contribution in [-0.2, 0) is 6.42 Å². The quantitative estimate of drug-likeness (QED) is 0.677. The number of rotatable bonds is 10. The molecule has 3 nitrogen and oxygen atoms in total. The molecule has 0 fully saturated rings. The standard InChI is InChI=1S/C16H28N2O/c1-3-11-17-16(10-13-19)14-18(2)12-9-15-7-5-4-6-8-15/h4-8,16-17,19H,3,9-14H2,1-2H3. The van der Waals surface area contributed by atoms with E-state index in [0.717, 1.165) is 38.9 Å². The van der Waals surface area contributed by atoms with Crippen molar-refractivity contribution in [1.82, 2.24) is 10.2 Å². The second-order valence-corrected chi connectivity index (χ2v) is 5.16. The van der Waals surface area contributed by atoms with E-state index in [-0.39, 0.29) is 6.61 Å². The number of likely N-dealkylation sites (N-methyl/N-ethyl adjacent to an activating group) is 1. The van der Waals surface area contributed by atoms with Gasteiger partial charge < -0.3 is 15.3 Å². The first kappa shape index (κ1) is 16.2.